The summed E-state index contributed by atoms with van der Waals surface area (Å²) < 4.78 is 0. The normalized spacial score (nSPS) is 11.3. The van der Waals surface area contributed by atoms with E-state index in [9.17, 15) is 4.79 Å². The summed E-state index contributed by atoms with van der Waals surface area (Å²) in [5, 5.41) is 21.7. The molecule has 4 rings (SSSR count). The van der Waals surface area contributed by atoms with Crippen LogP contribution in [0.3, 0.4) is 0 Å². The summed E-state index contributed by atoms with van der Waals surface area (Å²) in [5.74, 6) is 1.56. The first-order valence-electron chi connectivity index (χ1n) is 11.9. The standard InChI is InChI=1S/C27H32N6OS/c1-18(2)15-33(16-19(3)4)25-10-9-21(14-24(25)28-26(34)13-20-11-12-35-17-20)22-7-5-6-8-23(22)27-29-31-32-30-27/h5-12,14,17-19H,13,15-16H2,1-4H3,(H,28,34)(H,29,30,31,32). The van der Waals surface area contributed by atoms with Crippen LogP contribution in [0.15, 0.2) is 59.3 Å². The Bertz CT molecular complexity index is 1220. The first-order chi connectivity index (χ1) is 16.9. The van der Waals surface area contributed by atoms with Gasteiger partial charge in [0, 0.05) is 18.7 Å². The molecule has 2 heterocycles. The van der Waals surface area contributed by atoms with E-state index in [1.54, 1.807) is 11.3 Å². The van der Waals surface area contributed by atoms with Crippen LogP contribution in [0.1, 0.15) is 33.3 Å². The Hall–Kier alpha value is -3.52. The van der Waals surface area contributed by atoms with E-state index in [1.165, 1.54) is 0 Å². The lowest BCUT2D eigenvalue weighted by Gasteiger charge is -2.31. The second-order valence-electron chi connectivity index (χ2n) is 9.58. The Morgan fingerprint density at radius 2 is 1.77 bits per heavy atom. The van der Waals surface area contributed by atoms with E-state index in [-0.39, 0.29) is 5.91 Å². The summed E-state index contributed by atoms with van der Waals surface area (Å²) in [7, 11) is 0. The number of tetrazole rings is 1. The molecule has 7 nitrogen and oxygen atoms in total. The largest absolute Gasteiger partial charge is 0.369 e. The van der Waals surface area contributed by atoms with Crippen LogP contribution in [-0.4, -0.2) is 39.6 Å². The average molecular weight is 489 g/mol. The van der Waals surface area contributed by atoms with Gasteiger partial charge < -0.3 is 10.2 Å². The van der Waals surface area contributed by atoms with Crippen molar-refractivity contribution in [2.75, 3.05) is 23.3 Å². The molecule has 0 aliphatic rings. The zero-order valence-electron chi connectivity index (χ0n) is 20.7. The van der Waals surface area contributed by atoms with Gasteiger partial charge in [0.1, 0.15) is 0 Å². The number of carbonyl (C=O) groups is 1. The van der Waals surface area contributed by atoms with Crippen molar-refractivity contribution in [1.82, 2.24) is 20.6 Å². The monoisotopic (exact) mass is 488 g/mol. The van der Waals surface area contributed by atoms with Crippen molar-refractivity contribution < 1.29 is 4.79 Å². The summed E-state index contributed by atoms with van der Waals surface area (Å²) in [6, 6.07) is 16.3. The number of anilines is 2. The number of nitrogens with zero attached hydrogens (tertiary/aromatic N) is 4. The van der Waals surface area contributed by atoms with Crippen LogP contribution < -0.4 is 10.2 Å². The molecule has 0 aliphatic heterocycles. The van der Waals surface area contributed by atoms with Gasteiger partial charge in [-0.05, 0) is 67.9 Å². The SMILES string of the molecule is CC(C)CN(CC(C)C)c1ccc(-c2ccccc2-c2nnn[nH]2)cc1NC(=O)Cc1ccsc1. The Kier molecular flexibility index (Phi) is 7.92. The molecule has 35 heavy (non-hydrogen) atoms. The van der Waals surface area contributed by atoms with Crippen LogP contribution >= 0.6 is 11.3 Å². The van der Waals surface area contributed by atoms with Crippen molar-refractivity contribution >= 4 is 28.6 Å². The maximum Gasteiger partial charge on any atom is 0.228 e. The minimum atomic E-state index is -0.0245. The van der Waals surface area contributed by atoms with Crippen LogP contribution in [0, 0.1) is 11.8 Å². The molecule has 2 N–H and O–H groups in total. The first kappa shape index (κ1) is 24.6. The molecular weight excluding hydrogens is 456 g/mol. The Morgan fingerprint density at radius 3 is 2.40 bits per heavy atom. The molecular formula is C27H32N6OS. The van der Waals surface area contributed by atoms with Crippen molar-refractivity contribution in [2.24, 2.45) is 11.8 Å². The van der Waals surface area contributed by atoms with E-state index in [2.05, 4.69) is 76.7 Å². The highest BCUT2D eigenvalue weighted by molar-refractivity contribution is 7.08. The Balaban J connectivity index is 1.75. The molecule has 1 amide bonds. The lowest BCUT2D eigenvalue weighted by atomic mass is 9.97. The third kappa shape index (κ3) is 6.33. The summed E-state index contributed by atoms with van der Waals surface area (Å²) in [5.41, 5.74) is 5.76. The number of carbonyl (C=O) groups excluding carboxylic acids is 1. The molecule has 2 aromatic carbocycles. The summed E-state index contributed by atoms with van der Waals surface area (Å²) >= 11 is 1.60. The van der Waals surface area contributed by atoms with Gasteiger partial charge in [0.2, 0.25) is 5.91 Å². The highest BCUT2D eigenvalue weighted by atomic mass is 32.1. The molecule has 4 aromatic rings. The smallest absolute Gasteiger partial charge is 0.228 e. The van der Waals surface area contributed by atoms with Crippen molar-refractivity contribution in [3.8, 4) is 22.5 Å². The number of hydrogen-bond donors (Lipinski definition) is 2. The van der Waals surface area contributed by atoms with Crippen molar-refractivity contribution in [3.05, 3.63) is 64.9 Å². The lowest BCUT2D eigenvalue weighted by molar-refractivity contribution is -0.115. The average Bonchev–Trinajstić information content (AvgIpc) is 3.52. The fourth-order valence-corrected chi connectivity index (χ4v) is 4.89. The third-order valence-corrected chi connectivity index (χ3v) is 6.30. The van der Waals surface area contributed by atoms with Crippen LogP contribution in [0.2, 0.25) is 0 Å². The highest BCUT2D eigenvalue weighted by Gasteiger charge is 2.19. The molecule has 0 fully saturated rings. The molecule has 0 saturated heterocycles. The predicted octanol–water partition coefficient (Wildman–Crippen LogP) is 5.89. The maximum atomic E-state index is 13.0. The van der Waals surface area contributed by atoms with E-state index < -0.39 is 0 Å². The van der Waals surface area contributed by atoms with Gasteiger partial charge in [-0.2, -0.15) is 11.3 Å². The second kappa shape index (κ2) is 11.3. The van der Waals surface area contributed by atoms with Gasteiger partial charge in [0.05, 0.1) is 17.8 Å². The Labute approximate surface area is 210 Å². The molecule has 0 spiro atoms. The predicted molar refractivity (Wildman–Crippen MR) is 144 cm³/mol. The zero-order valence-corrected chi connectivity index (χ0v) is 21.5. The van der Waals surface area contributed by atoms with Crippen LogP contribution in [0.25, 0.3) is 22.5 Å². The number of aromatic amines is 1. The van der Waals surface area contributed by atoms with Gasteiger partial charge in [-0.1, -0.05) is 58.0 Å². The number of nitrogens with one attached hydrogen (secondary N) is 2. The fourth-order valence-electron chi connectivity index (χ4n) is 4.22. The van der Waals surface area contributed by atoms with Crippen LogP contribution in [0.5, 0.6) is 0 Å². The molecule has 0 bridgehead atoms. The third-order valence-electron chi connectivity index (χ3n) is 5.57. The van der Waals surface area contributed by atoms with Crippen molar-refractivity contribution in [2.45, 2.75) is 34.1 Å². The maximum absolute atomic E-state index is 13.0. The van der Waals surface area contributed by atoms with Crippen LogP contribution in [0.4, 0.5) is 11.4 Å². The summed E-state index contributed by atoms with van der Waals surface area (Å²) in [4.78, 5) is 15.4. The van der Waals surface area contributed by atoms with Gasteiger partial charge >= 0.3 is 0 Å². The van der Waals surface area contributed by atoms with E-state index in [0.29, 0.717) is 24.1 Å². The minimum Gasteiger partial charge on any atom is -0.369 e. The summed E-state index contributed by atoms with van der Waals surface area (Å²) in [6.45, 7) is 10.7. The number of H-pyrrole nitrogens is 1. The molecule has 0 unspecified atom stereocenters. The molecule has 182 valence electrons. The van der Waals surface area contributed by atoms with Crippen molar-refractivity contribution in [1.29, 1.82) is 0 Å². The molecule has 0 aliphatic carbocycles. The number of aromatic nitrogens is 4. The zero-order chi connectivity index (χ0) is 24.8. The number of thiophene rings is 1. The van der Waals surface area contributed by atoms with Gasteiger partial charge in [-0.15, -0.1) is 5.10 Å². The van der Waals surface area contributed by atoms with Crippen LogP contribution in [-0.2, 0) is 11.2 Å². The summed E-state index contributed by atoms with van der Waals surface area (Å²) in [6.07, 6.45) is 0.349. The van der Waals surface area contributed by atoms with E-state index >= 15 is 0 Å². The van der Waals surface area contributed by atoms with E-state index in [4.69, 9.17) is 0 Å². The van der Waals surface area contributed by atoms with Gasteiger partial charge in [-0.3, -0.25) is 4.79 Å². The quantitative estimate of drug-likeness (QED) is 0.290. The topological polar surface area (TPSA) is 86.8 Å². The van der Waals surface area contributed by atoms with E-state index in [1.807, 2.05) is 41.1 Å². The minimum absolute atomic E-state index is 0.0245. The number of hydrogen-bond acceptors (Lipinski definition) is 6. The number of amides is 1. The van der Waals surface area contributed by atoms with Gasteiger partial charge in [-0.25, -0.2) is 5.10 Å². The number of benzene rings is 2. The van der Waals surface area contributed by atoms with Gasteiger partial charge in [0.15, 0.2) is 5.82 Å². The van der Waals surface area contributed by atoms with E-state index in [0.717, 1.165) is 46.7 Å². The molecule has 2 aromatic heterocycles. The lowest BCUT2D eigenvalue weighted by Crippen LogP contribution is -2.32. The highest BCUT2D eigenvalue weighted by Crippen LogP contribution is 2.36. The molecule has 0 saturated carbocycles. The molecule has 8 heteroatoms. The Morgan fingerprint density at radius 1 is 1.03 bits per heavy atom. The van der Waals surface area contributed by atoms with Gasteiger partial charge in [0.25, 0.3) is 0 Å². The fraction of sp³-hybridized carbons (Fsp3) is 0.333. The van der Waals surface area contributed by atoms with Crippen molar-refractivity contribution in [3.63, 3.8) is 0 Å². The molecule has 0 atom stereocenters. The first-order valence-corrected chi connectivity index (χ1v) is 12.9. The number of rotatable bonds is 10. The molecule has 0 radical (unpaired) electrons. The second-order valence-corrected chi connectivity index (χ2v) is 10.4.